The van der Waals surface area contributed by atoms with Gasteiger partial charge in [0.05, 0.1) is 13.2 Å². The van der Waals surface area contributed by atoms with Gasteiger partial charge in [-0.15, -0.1) is 0 Å². The smallest absolute Gasteiger partial charge is 0.131 e. The summed E-state index contributed by atoms with van der Waals surface area (Å²) in [5.41, 5.74) is 3.44. The quantitative estimate of drug-likeness (QED) is 0.650. The number of hydrogen-bond acceptors (Lipinski definition) is 3. The Morgan fingerprint density at radius 2 is 2.00 bits per heavy atom. The molecule has 1 atom stereocenters. The lowest BCUT2D eigenvalue weighted by atomic mass is 9.77. The summed E-state index contributed by atoms with van der Waals surface area (Å²) in [7, 11) is 1.54. The number of methoxy groups -OCH3 is 1. The summed E-state index contributed by atoms with van der Waals surface area (Å²) < 4.78 is 19.2. The van der Waals surface area contributed by atoms with E-state index in [9.17, 15) is 4.39 Å². The van der Waals surface area contributed by atoms with E-state index in [-0.39, 0.29) is 11.9 Å². The van der Waals surface area contributed by atoms with Gasteiger partial charge in [-0.25, -0.2) is 4.39 Å². The van der Waals surface area contributed by atoms with E-state index in [0.717, 1.165) is 18.8 Å². The van der Waals surface area contributed by atoms with E-state index in [1.165, 1.54) is 26.0 Å². The minimum atomic E-state index is -0.249. The summed E-state index contributed by atoms with van der Waals surface area (Å²) in [5.74, 6) is 7.13. The van der Waals surface area contributed by atoms with Gasteiger partial charge in [0.1, 0.15) is 11.6 Å². The van der Waals surface area contributed by atoms with E-state index < -0.39 is 0 Å². The van der Waals surface area contributed by atoms with Gasteiger partial charge in [0, 0.05) is 11.6 Å². The van der Waals surface area contributed by atoms with Gasteiger partial charge < -0.3 is 4.74 Å². The molecule has 3 N–H and O–H groups in total. The maximum Gasteiger partial charge on any atom is 0.131 e. The highest BCUT2D eigenvalue weighted by Gasteiger charge is 2.28. The Labute approximate surface area is 114 Å². The van der Waals surface area contributed by atoms with Crippen LogP contribution >= 0.6 is 0 Å². The number of ether oxygens (including phenoxy) is 1. The van der Waals surface area contributed by atoms with Crippen LogP contribution in [0.2, 0.25) is 0 Å². The first kappa shape index (κ1) is 14.3. The standard InChI is InChI=1S/C15H23FN2O/c1-10-3-5-11(6-4-10)15(18-17)13-8-7-12(19-2)9-14(13)16/h7-11,15,18H,3-6,17H2,1-2H3. The van der Waals surface area contributed by atoms with Crippen molar-refractivity contribution in [3.8, 4) is 5.75 Å². The lowest BCUT2D eigenvalue weighted by Crippen LogP contribution is -2.35. The number of nitrogens with one attached hydrogen (secondary N) is 1. The molecular formula is C15H23FN2O. The molecule has 0 aromatic heterocycles. The largest absolute Gasteiger partial charge is 0.497 e. The van der Waals surface area contributed by atoms with Crippen molar-refractivity contribution in [2.75, 3.05) is 7.11 Å². The van der Waals surface area contributed by atoms with Gasteiger partial charge in [0.25, 0.3) is 0 Å². The van der Waals surface area contributed by atoms with Gasteiger partial charge in [-0.3, -0.25) is 11.3 Å². The lowest BCUT2D eigenvalue weighted by molar-refractivity contribution is 0.229. The molecule has 1 aromatic rings. The summed E-state index contributed by atoms with van der Waals surface area (Å²) >= 11 is 0. The summed E-state index contributed by atoms with van der Waals surface area (Å²) in [4.78, 5) is 0. The van der Waals surface area contributed by atoms with Crippen LogP contribution in [0.4, 0.5) is 4.39 Å². The highest BCUT2D eigenvalue weighted by Crippen LogP contribution is 2.37. The van der Waals surface area contributed by atoms with Crippen molar-refractivity contribution in [2.24, 2.45) is 17.7 Å². The van der Waals surface area contributed by atoms with Crippen molar-refractivity contribution in [1.29, 1.82) is 0 Å². The first-order chi connectivity index (χ1) is 9.15. The second-order valence-electron chi connectivity index (χ2n) is 5.55. The Morgan fingerprint density at radius 3 is 2.53 bits per heavy atom. The molecule has 1 saturated carbocycles. The van der Waals surface area contributed by atoms with E-state index >= 15 is 0 Å². The van der Waals surface area contributed by atoms with Crippen LogP contribution < -0.4 is 16.0 Å². The molecule has 0 amide bonds. The molecule has 0 bridgehead atoms. The summed E-state index contributed by atoms with van der Waals surface area (Å²) in [6, 6.07) is 4.87. The molecule has 2 rings (SSSR count). The molecule has 0 saturated heterocycles. The lowest BCUT2D eigenvalue weighted by Gasteiger charge is -2.32. The second-order valence-corrected chi connectivity index (χ2v) is 5.55. The van der Waals surface area contributed by atoms with Crippen molar-refractivity contribution in [2.45, 2.75) is 38.6 Å². The van der Waals surface area contributed by atoms with E-state index in [1.807, 2.05) is 0 Å². The van der Waals surface area contributed by atoms with E-state index in [2.05, 4.69) is 12.3 Å². The minimum Gasteiger partial charge on any atom is -0.497 e. The zero-order valence-electron chi connectivity index (χ0n) is 11.7. The molecule has 106 valence electrons. The van der Waals surface area contributed by atoms with E-state index in [1.54, 1.807) is 12.1 Å². The van der Waals surface area contributed by atoms with Gasteiger partial charge in [-0.1, -0.05) is 25.8 Å². The van der Waals surface area contributed by atoms with Crippen LogP contribution in [0.25, 0.3) is 0 Å². The van der Waals surface area contributed by atoms with Gasteiger partial charge in [-0.2, -0.15) is 0 Å². The molecule has 1 fully saturated rings. The maximum absolute atomic E-state index is 14.1. The van der Waals surface area contributed by atoms with Crippen molar-refractivity contribution in [3.05, 3.63) is 29.6 Å². The number of nitrogens with two attached hydrogens (primary N) is 1. The zero-order valence-corrected chi connectivity index (χ0v) is 11.7. The predicted molar refractivity (Wildman–Crippen MR) is 74.1 cm³/mol. The zero-order chi connectivity index (χ0) is 13.8. The molecule has 0 heterocycles. The average Bonchev–Trinajstić information content (AvgIpc) is 2.43. The van der Waals surface area contributed by atoms with Gasteiger partial charge in [-0.05, 0) is 30.7 Å². The van der Waals surface area contributed by atoms with E-state index in [4.69, 9.17) is 10.6 Å². The van der Waals surface area contributed by atoms with Crippen molar-refractivity contribution < 1.29 is 9.13 Å². The number of hydrogen-bond donors (Lipinski definition) is 2. The van der Waals surface area contributed by atoms with Gasteiger partial charge >= 0.3 is 0 Å². The fraction of sp³-hybridized carbons (Fsp3) is 0.600. The van der Waals surface area contributed by atoms with Crippen molar-refractivity contribution in [3.63, 3.8) is 0 Å². The van der Waals surface area contributed by atoms with Gasteiger partial charge in [0.2, 0.25) is 0 Å². The molecule has 1 aliphatic rings. The molecule has 0 radical (unpaired) electrons. The predicted octanol–water partition coefficient (Wildman–Crippen LogP) is 3.17. The molecule has 3 nitrogen and oxygen atoms in total. The average molecular weight is 266 g/mol. The molecule has 1 aromatic carbocycles. The van der Waals surface area contributed by atoms with Gasteiger partial charge in [0.15, 0.2) is 0 Å². The summed E-state index contributed by atoms with van der Waals surface area (Å²) in [5, 5.41) is 0. The fourth-order valence-electron chi connectivity index (χ4n) is 2.99. The van der Waals surface area contributed by atoms with Crippen LogP contribution in [-0.2, 0) is 0 Å². The molecule has 19 heavy (non-hydrogen) atoms. The third-order valence-electron chi connectivity index (χ3n) is 4.25. The molecule has 1 unspecified atom stereocenters. The molecule has 0 spiro atoms. The second kappa shape index (κ2) is 6.35. The van der Waals surface area contributed by atoms with Crippen LogP contribution in [0.1, 0.15) is 44.2 Å². The number of hydrazine groups is 1. The SMILES string of the molecule is COc1ccc(C(NN)C2CCC(C)CC2)c(F)c1. The van der Waals surface area contributed by atoms with Crippen LogP contribution in [-0.4, -0.2) is 7.11 Å². The Kier molecular flexibility index (Phi) is 4.77. The highest BCUT2D eigenvalue weighted by atomic mass is 19.1. The molecule has 4 heteroatoms. The minimum absolute atomic E-state index is 0.113. The van der Waals surface area contributed by atoms with Crippen LogP contribution in [0.3, 0.4) is 0 Å². The van der Waals surface area contributed by atoms with Crippen molar-refractivity contribution >= 4 is 0 Å². The Morgan fingerprint density at radius 1 is 1.32 bits per heavy atom. The fourth-order valence-corrected chi connectivity index (χ4v) is 2.99. The third-order valence-corrected chi connectivity index (χ3v) is 4.25. The van der Waals surface area contributed by atoms with Crippen molar-refractivity contribution in [1.82, 2.24) is 5.43 Å². The molecule has 0 aliphatic heterocycles. The molecule has 1 aliphatic carbocycles. The Bertz CT molecular complexity index is 417. The summed E-state index contributed by atoms with van der Waals surface area (Å²) in [6.07, 6.45) is 4.59. The maximum atomic E-state index is 14.1. The number of halogens is 1. The first-order valence-electron chi connectivity index (χ1n) is 6.95. The molecular weight excluding hydrogens is 243 g/mol. The third kappa shape index (κ3) is 3.25. The Balaban J connectivity index is 2.17. The van der Waals surface area contributed by atoms with Crippen LogP contribution in [0.5, 0.6) is 5.75 Å². The van der Waals surface area contributed by atoms with Crippen LogP contribution in [0.15, 0.2) is 18.2 Å². The Hall–Kier alpha value is -1.13. The van der Waals surface area contributed by atoms with E-state index in [0.29, 0.717) is 17.2 Å². The monoisotopic (exact) mass is 266 g/mol. The first-order valence-corrected chi connectivity index (χ1v) is 6.95. The topological polar surface area (TPSA) is 47.3 Å². The highest BCUT2D eigenvalue weighted by molar-refractivity contribution is 5.31. The number of benzene rings is 1. The van der Waals surface area contributed by atoms with Crippen LogP contribution in [0, 0.1) is 17.7 Å². The summed E-state index contributed by atoms with van der Waals surface area (Å²) in [6.45, 7) is 2.27. The number of rotatable bonds is 4. The normalized spacial score (nSPS) is 25.1.